The average Bonchev–Trinajstić information content (AvgIpc) is 3.07. The molecule has 0 saturated heterocycles. The zero-order chi connectivity index (χ0) is 26.0. The van der Waals surface area contributed by atoms with E-state index in [2.05, 4.69) is 0 Å². The summed E-state index contributed by atoms with van der Waals surface area (Å²) >= 11 is 12.1. The van der Waals surface area contributed by atoms with Crippen molar-refractivity contribution < 1.29 is 40.1 Å². The van der Waals surface area contributed by atoms with Crippen molar-refractivity contribution in [2.45, 2.75) is 18.6 Å². The van der Waals surface area contributed by atoms with Gasteiger partial charge in [0.2, 0.25) is 0 Å². The number of hydrazine groups is 1. The molecule has 0 aromatic heterocycles. The zero-order valence-electron chi connectivity index (χ0n) is 17.4. The van der Waals surface area contributed by atoms with Crippen LogP contribution >= 0.6 is 23.2 Å². The summed E-state index contributed by atoms with van der Waals surface area (Å²) in [5, 5.41) is 9.60. The van der Waals surface area contributed by atoms with Crippen LogP contribution in [-0.4, -0.2) is 58.9 Å². The third kappa shape index (κ3) is 5.95. The smallest absolute Gasteiger partial charge is 0.372 e. The molecule has 16 heteroatoms. The molecule has 7 nitrogen and oxygen atoms in total. The van der Waals surface area contributed by atoms with E-state index in [0.717, 1.165) is 17.1 Å². The van der Waals surface area contributed by atoms with Crippen molar-refractivity contribution in [3.8, 4) is 6.07 Å². The first-order valence-corrected chi connectivity index (χ1v) is 11.1. The van der Waals surface area contributed by atoms with Gasteiger partial charge in [-0.15, -0.1) is 0 Å². The highest BCUT2D eigenvalue weighted by atomic mass is 35.5. The molecule has 1 aromatic carbocycles. The molecule has 1 aromatic rings. The van der Waals surface area contributed by atoms with Crippen LogP contribution < -0.4 is 5.01 Å². The largest absolute Gasteiger partial charge is 0.475 e. The number of hydrogen-bond acceptors (Lipinski definition) is 6. The second kappa shape index (κ2) is 10.7. The first-order chi connectivity index (χ1) is 15.6. The number of anilines is 1. The number of benzene rings is 1. The minimum Gasteiger partial charge on any atom is -0.372 e. The molecule has 0 fully saturated rings. The van der Waals surface area contributed by atoms with Crippen molar-refractivity contribution in [3.63, 3.8) is 0 Å². The molecule has 1 aliphatic heterocycles. The third-order valence-corrected chi connectivity index (χ3v) is 6.18. The normalized spacial score (nSPS) is 16.1. The zero-order valence-corrected chi connectivity index (χ0v) is 19.8. The molecule has 0 saturated carbocycles. The van der Waals surface area contributed by atoms with E-state index in [9.17, 15) is 35.3 Å². The summed E-state index contributed by atoms with van der Waals surface area (Å²) in [6.45, 7) is -0.267. The Kier molecular flexibility index (Phi) is 8.87. The number of hydrogen-bond donors (Lipinski definition) is 0. The summed E-state index contributed by atoms with van der Waals surface area (Å²) < 4.78 is 96.9. The number of carbonyl (C=O) groups is 1. The van der Waals surface area contributed by atoms with Gasteiger partial charge < -0.3 is 4.74 Å². The van der Waals surface area contributed by atoms with E-state index in [1.807, 2.05) is 0 Å². The van der Waals surface area contributed by atoms with Crippen LogP contribution in [0, 0.1) is 11.3 Å². The summed E-state index contributed by atoms with van der Waals surface area (Å²) in [6.07, 6.45) is -4.84. The van der Waals surface area contributed by atoms with Crippen LogP contribution in [0.1, 0.15) is 12.5 Å². The number of halogens is 8. The Bertz CT molecular complexity index is 1030. The maximum absolute atomic E-state index is 13.4. The molecule has 34 heavy (non-hydrogen) atoms. The molecule has 0 bridgehead atoms. The minimum atomic E-state index is -5.24. The van der Waals surface area contributed by atoms with Gasteiger partial charge in [0.1, 0.15) is 19.0 Å². The van der Waals surface area contributed by atoms with Crippen molar-refractivity contribution in [2.24, 2.45) is 0 Å². The fourth-order valence-electron chi connectivity index (χ4n) is 2.96. The van der Waals surface area contributed by atoms with E-state index < -0.39 is 80.1 Å². The van der Waals surface area contributed by atoms with E-state index in [4.69, 9.17) is 33.2 Å². The number of amides is 1. The summed E-state index contributed by atoms with van der Waals surface area (Å²) in [7, 11) is -2.60. The number of likely N-dealkylation sites (N-methyl/N-ethyl adjacent to an activating group) is 1. The van der Waals surface area contributed by atoms with E-state index in [-0.39, 0.29) is 6.61 Å². The first kappa shape index (κ1) is 28.2. The molecule has 1 unspecified atom stereocenters. The molecule has 188 valence electrons. The molecule has 1 heterocycles. The van der Waals surface area contributed by atoms with Gasteiger partial charge in [-0.05, 0) is 19.1 Å². The Morgan fingerprint density at radius 3 is 2.24 bits per heavy atom. The predicted octanol–water partition coefficient (Wildman–Crippen LogP) is 4.51. The quantitative estimate of drug-likeness (QED) is 0.366. The Balaban J connectivity index is 2.79. The summed E-state index contributed by atoms with van der Waals surface area (Å²) in [4.78, 5) is 12.4. The van der Waals surface area contributed by atoms with E-state index in [0.29, 0.717) is 17.0 Å². The molecule has 0 radical (unpaired) electrons. The SMILES string of the molecule is CCOCC(=O)N(C)C1=C(S(=O)C(F)(F)F)CN(CC#N)N1c1c(Cl)cc(C(F)(F)F)cc1Cl. The highest BCUT2D eigenvalue weighted by molar-refractivity contribution is 7.89. The van der Waals surface area contributed by atoms with Crippen LogP contribution in [0.15, 0.2) is 22.9 Å². The van der Waals surface area contributed by atoms with Gasteiger partial charge >= 0.3 is 11.7 Å². The topological polar surface area (TPSA) is 76.9 Å². The van der Waals surface area contributed by atoms with Crippen molar-refractivity contribution in [2.75, 3.05) is 38.4 Å². The number of nitriles is 1. The molecule has 0 N–H and O–H groups in total. The molecular formula is C18H16Cl2F6N4O3S. The molecule has 0 spiro atoms. The first-order valence-electron chi connectivity index (χ1n) is 9.19. The molecule has 1 aliphatic rings. The summed E-state index contributed by atoms with van der Waals surface area (Å²) in [5.74, 6) is -1.49. The van der Waals surface area contributed by atoms with Crippen LogP contribution in [0.25, 0.3) is 0 Å². The van der Waals surface area contributed by atoms with Gasteiger partial charge in [-0.3, -0.25) is 14.7 Å². The lowest BCUT2D eigenvalue weighted by atomic mass is 10.2. The molecule has 1 amide bonds. The monoisotopic (exact) mass is 552 g/mol. The number of alkyl halides is 6. The Morgan fingerprint density at radius 2 is 1.79 bits per heavy atom. The Labute approximate surface area is 202 Å². The van der Waals surface area contributed by atoms with Crippen LogP contribution in [0.3, 0.4) is 0 Å². The van der Waals surface area contributed by atoms with E-state index >= 15 is 0 Å². The van der Waals surface area contributed by atoms with Gasteiger partial charge in [-0.1, -0.05) is 23.2 Å². The van der Waals surface area contributed by atoms with Crippen molar-refractivity contribution >= 4 is 45.6 Å². The van der Waals surface area contributed by atoms with Crippen LogP contribution in [-0.2, 0) is 26.5 Å². The second-order valence-corrected chi connectivity index (χ2v) is 8.94. The molecule has 1 atom stereocenters. The van der Waals surface area contributed by atoms with Crippen molar-refractivity contribution in [3.05, 3.63) is 38.5 Å². The highest BCUT2D eigenvalue weighted by Gasteiger charge is 2.48. The fraction of sp³-hybridized carbons (Fsp3) is 0.444. The van der Waals surface area contributed by atoms with Gasteiger partial charge in [0, 0.05) is 13.7 Å². The fourth-order valence-corrected chi connectivity index (χ4v) is 4.54. The lowest BCUT2D eigenvalue weighted by molar-refractivity contribution is -0.137. The minimum absolute atomic E-state index is 0.0980. The van der Waals surface area contributed by atoms with E-state index in [1.54, 1.807) is 13.0 Å². The lowest BCUT2D eigenvalue weighted by Crippen LogP contribution is -2.44. The van der Waals surface area contributed by atoms with Crippen molar-refractivity contribution in [1.82, 2.24) is 9.91 Å². The average molecular weight is 553 g/mol. The van der Waals surface area contributed by atoms with Gasteiger partial charge in [-0.25, -0.2) is 4.21 Å². The van der Waals surface area contributed by atoms with Gasteiger partial charge in [0.15, 0.2) is 10.8 Å². The predicted molar refractivity (Wildman–Crippen MR) is 112 cm³/mol. The summed E-state index contributed by atoms with van der Waals surface area (Å²) in [6, 6.07) is 2.67. The Morgan fingerprint density at radius 1 is 1.24 bits per heavy atom. The maximum atomic E-state index is 13.4. The number of rotatable bonds is 7. The summed E-state index contributed by atoms with van der Waals surface area (Å²) in [5.41, 5.74) is -6.92. The van der Waals surface area contributed by atoms with Crippen LogP contribution in [0.2, 0.25) is 10.0 Å². The van der Waals surface area contributed by atoms with Crippen molar-refractivity contribution in [1.29, 1.82) is 5.26 Å². The van der Waals surface area contributed by atoms with Crippen LogP contribution in [0.4, 0.5) is 32.0 Å². The number of ether oxygens (including phenoxy) is 1. The maximum Gasteiger partial charge on any atom is 0.475 e. The van der Waals surface area contributed by atoms with Crippen LogP contribution in [0.5, 0.6) is 0 Å². The Hall–Kier alpha value is -2.05. The molecular weight excluding hydrogens is 537 g/mol. The number of carbonyl (C=O) groups excluding carboxylic acids is 1. The standard InChI is InChI=1S/C18H16Cl2F6N4O3S/c1-3-33-9-14(31)28(2)16-13(34(32)18(24,25)26)8-29(5-4-27)30(16)15-11(19)6-10(7-12(15)20)17(21,22)23/h6-7H,3,5,8-9H2,1-2H3. The third-order valence-electron chi connectivity index (χ3n) is 4.42. The highest BCUT2D eigenvalue weighted by Crippen LogP contribution is 2.45. The van der Waals surface area contributed by atoms with E-state index in [1.165, 1.54) is 0 Å². The van der Waals surface area contributed by atoms with Gasteiger partial charge in [-0.2, -0.15) is 36.6 Å². The van der Waals surface area contributed by atoms with Gasteiger partial charge in [0.05, 0.1) is 38.8 Å². The lowest BCUT2D eigenvalue weighted by Gasteiger charge is -2.35. The van der Waals surface area contributed by atoms with Gasteiger partial charge in [0.25, 0.3) is 5.91 Å². The second-order valence-electron chi connectivity index (χ2n) is 6.63. The number of nitrogens with zero attached hydrogens (tertiary/aromatic N) is 4. The molecule has 0 aliphatic carbocycles. The molecule has 2 rings (SSSR count).